The first-order valence-corrected chi connectivity index (χ1v) is 6.99. The minimum atomic E-state index is 0.0933. The Kier molecular flexibility index (Phi) is 6.40. The average molecular weight is 263 g/mol. The SMILES string of the molecule is CC(C)CC(=O)NCCOc1ccccc1C(C)C. The lowest BCUT2D eigenvalue weighted by molar-refractivity contribution is -0.121. The molecule has 19 heavy (non-hydrogen) atoms. The second-order valence-electron chi connectivity index (χ2n) is 5.49. The minimum absolute atomic E-state index is 0.0933. The predicted molar refractivity (Wildman–Crippen MR) is 78.5 cm³/mol. The summed E-state index contributed by atoms with van der Waals surface area (Å²) in [4.78, 5) is 11.5. The topological polar surface area (TPSA) is 38.3 Å². The van der Waals surface area contributed by atoms with Gasteiger partial charge in [-0.25, -0.2) is 0 Å². The van der Waals surface area contributed by atoms with E-state index < -0.39 is 0 Å². The summed E-state index contributed by atoms with van der Waals surface area (Å²) in [6.45, 7) is 9.43. The molecule has 1 aromatic rings. The van der Waals surface area contributed by atoms with Gasteiger partial charge in [0.2, 0.25) is 5.91 Å². The van der Waals surface area contributed by atoms with E-state index in [0.717, 1.165) is 5.75 Å². The van der Waals surface area contributed by atoms with Crippen molar-refractivity contribution in [3.63, 3.8) is 0 Å². The van der Waals surface area contributed by atoms with E-state index in [1.807, 2.05) is 32.0 Å². The van der Waals surface area contributed by atoms with Gasteiger partial charge in [0.25, 0.3) is 0 Å². The van der Waals surface area contributed by atoms with Gasteiger partial charge in [0.05, 0.1) is 6.54 Å². The van der Waals surface area contributed by atoms with Gasteiger partial charge in [-0.2, -0.15) is 0 Å². The van der Waals surface area contributed by atoms with E-state index in [-0.39, 0.29) is 5.91 Å². The summed E-state index contributed by atoms with van der Waals surface area (Å²) in [5.74, 6) is 1.83. The molecule has 0 saturated carbocycles. The minimum Gasteiger partial charge on any atom is -0.491 e. The molecule has 0 aromatic heterocycles. The summed E-state index contributed by atoms with van der Waals surface area (Å²) in [5.41, 5.74) is 1.20. The maximum atomic E-state index is 11.5. The lowest BCUT2D eigenvalue weighted by Crippen LogP contribution is -2.28. The molecule has 0 atom stereocenters. The van der Waals surface area contributed by atoms with E-state index >= 15 is 0 Å². The van der Waals surface area contributed by atoms with Crippen molar-refractivity contribution in [1.82, 2.24) is 5.32 Å². The fraction of sp³-hybridized carbons (Fsp3) is 0.562. The van der Waals surface area contributed by atoms with Gasteiger partial charge in [0.15, 0.2) is 0 Å². The van der Waals surface area contributed by atoms with Crippen molar-refractivity contribution in [3.8, 4) is 5.75 Å². The third kappa shape index (κ3) is 5.77. The van der Waals surface area contributed by atoms with Gasteiger partial charge >= 0.3 is 0 Å². The monoisotopic (exact) mass is 263 g/mol. The van der Waals surface area contributed by atoms with Crippen LogP contribution >= 0.6 is 0 Å². The number of carbonyl (C=O) groups is 1. The summed E-state index contributed by atoms with van der Waals surface area (Å²) >= 11 is 0. The van der Waals surface area contributed by atoms with Gasteiger partial charge in [0.1, 0.15) is 12.4 Å². The fourth-order valence-corrected chi connectivity index (χ4v) is 1.88. The van der Waals surface area contributed by atoms with Gasteiger partial charge in [-0.15, -0.1) is 0 Å². The van der Waals surface area contributed by atoms with E-state index in [0.29, 0.717) is 31.4 Å². The molecule has 0 radical (unpaired) electrons. The Hall–Kier alpha value is -1.51. The second-order valence-corrected chi connectivity index (χ2v) is 5.49. The van der Waals surface area contributed by atoms with Gasteiger partial charge in [0, 0.05) is 6.42 Å². The van der Waals surface area contributed by atoms with Crippen LogP contribution in [0.4, 0.5) is 0 Å². The van der Waals surface area contributed by atoms with Crippen LogP contribution in [0.5, 0.6) is 5.75 Å². The average Bonchev–Trinajstić information content (AvgIpc) is 2.34. The highest BCUT2D eigenvalue weighted by Crippen LogP contribution is 2.25. The Labute approximate surface area is 116 Å². The molecule has 0 aliphatic rings. The molecular formula is C16H25NO2. The first kappa shape index (κ1) is 15.5. The van der Waals surface area contributed by atoms with Crippen molar-refractivity contribution in [2.24, 2.45) is 5.92 Å². The lowest BCUT2D eigenvalue weighted by Gasteiger charge is -2.14. The molecule has 0 unspecified atom stereocenters. The first-order chi connectivity index (χ1) is 9.00. The summed E-state index contributed by atoms with van der Waals surface area (Å²) in [6, 6.07) is 8.05. The number of nitrogens with one attached hydrogen (secondary N) is 1. The molecule has 1 amide bonds. The molecule has 0 aliphatic heterocycles. The molecule has 0 aliphatic carbocycles. The zero-order valence-electron chi connectivity index (χ0n) is 12.4. The number of para-hydroxylation sites is 1. The van der Waals surface area contributed by atoms with Crippen molar-refractivity contribution in [2.45, 2.75) is 40.0 Å². The number of ether oxygens (including phenoxy) is 1. The molecule has 0 heterocycles. The standard InChI is InChI=1S/C16H25NO2/c1-12(2)11-16(18)17-9-10-19-15-8-6-5-7-14(15)13(3)4/h5-8,12-13H,9-11H2,1-4H3,(H,17,18). The Bertz CT molecular complexity index is 399. The fourth-order valence-electron chi connectivity index (χ4n) is 1.88. The van der Waals surface area contributed by atoms with Crippen LogP contribution in [-0.4, -0.2) is 19.1 Å². The molecule has 0 saturated heterocycles. The maximum absolute atomic E-state index is 11.5. The number of rotatable bonds is 7. The first-order valence-electron chi connectivity index (χ1n) is 6.99. The van der Waals surface area contributed by atoms with Crippen LogP contribution in [0, 0.1) is 5.92 Å². The third-order valence-corrected chi connectivity index (χ3v) is 2.82. The number of carbonyl (C=O) groups excluding carboxylic acids is 1. The van der Waals surface area contributed by atoms with Crippen LogP contribution in [0.3, 0.4) is 0 Å². The molecule has 1 aromatic carbocycles. The molecule has 3 heteroatoms. The highest BCUT2D eigenvalue weighted by Gasteiger charge is 2.07. The van der Waals surface area contributed by atoms with Crippen LogP contribution in [-0.2, 0) is 4.79 Å². The van der Waals surface area contributed by atoms with Gasteiger partial charge in [-0.3, -0.25) is 4.79 Å². The van der Waals surface area contributed by atoms with Crippen LogP contribution in [0.2, 0.25) is 0 Å². The molecule has 106 valence electrons. The zero-order valence-corrected chi connectivity index (χ0v) is 12.4. The Morgan fingerprint density at radius 1 is 1.21 bits per heavy atom. The maximum Gasteiger partial charge on any atom is 0.220 e. The molecule has 0 fully saturated rings. The zero-order chi connectivity index (χ0) is 14.3. The van der Waals surface area contributed by atoms with Crippen LogP contribution in [0.15, 0.2) is 24.3 Å². The molecule has 0 bridgehead atoms. The highest BCUT2D eigenvalue weighted by molar-refractivity contribution is 5.75. The van der Waals surface area contributed by atoms with Gasteiger partial charge in [-0.1, -0.05) is 45.9 Å². The van der Waals surface area contributed by atoms with Gasteiger partial charge < -0.3 is 10.1 Å². The molecule has 1 N–H and O–H groups in total. The Morgan fingerprint density at radius 2 is 1.89 bits per heavy atom. The molecule has 0 spiro atoms. The van der Waals surface area contributed by atoms with Crippen LogP contribution in [0.1, 0.15) is 45.6 Å². The molecule has 3 nitrogen and oxygen atoms in total. The van der Waals surface area contributed by atoms with Gasteiger partial charge in [-0.05, 0) is 23.5 Å². The van der Waals surface area contributed by atoms with Crippen molar-refractivity contribution in [3.05, 3.63) is 29.8 Å². The van der Waals surface area contributed by atoms with Crippen molar-refractivity contribution < 1.29 is 9.53 Å². The molecule has 1 rings (SSSR count). The number of amides is 1. The summed E-state index contributed by atoms with van der Waals surface area (Å²) < 4.78 is 5.74. The van der Waals surface area contributed by atoms with E-state index in [1.165, 1.54) is 5.56 Å². The number of benzene rings is 1. The second kappa shape index (κ2) is 7.82. The van der Waals surface area contributed by atoms with Crippen LogP contribution < -0.4 is 10.1 Å². The normalized spacial score (nSPS) is 10.8. The third-order valence-electron chi connectivity index (χ3n) is 2.82. The number of hydrogen-bond donors (Lipinski definition) is 1. The Balaban J connectivity index is 2.36. The largest absolute Gasteiger partial charge is 0.491 e. The van der Waals surface area contributed by atoms with Crippen molar-refractivity contribution >= 4 is 5.91 Å². The van der Waals surface area contributed by atoms with Crippen molar-refractivity contribution in [1.29, 1.82) is 0 Å². The summed E-state index contributed by atoms with van der Waals surface area (Å²) in [5, 5.41) is 2.87. The van der Waals surface area contributed by atoms with E-state index in [1.54, 1.807) is 0 Å². The number of hydrogen-bond acceptors (Lipinski definition) is 2. The summed E-state index contributed by atoms with van der Waals surface area (Å²) in [7, 11) is 0. The Morgan fingerprint density at radius 3 is 2.53 bits per heavy atom. The predicted octanol–water partition coefficient (Wildman–Crippen LogP) is 3.35. The lowest BCUT2D eigenvalue weighted by atomic mass is 10.0. The summed E-state index contributed by atoms with van der Waals surface area (Å²) in [6.07, 6.45) is 0.572. The van der Waals surface area contributed by atoms with Crippen LogP contribution in [0.25, 0.3) is 0 Å². The molecular weight excluding hydrogens is 238 g/mol. The van der Waals surface area contributed by atoms with E-state index in [9.17, 15) is 4.79 Å². The quantitative estimate of drug-likeness (QED) is 0.766. The van der Waals surface area contributed by atoms with E-state index in [2.05, 4.69) is 25.2 Å². The van der Waals surface area contributed by atoms with Crippen molar-refractivity contribution in [2.75, 3.05) is 13.2 Å². The highest BCUT2D eigenvalue weighted by atomic mass is 16.5. The van der Waals surface area contributed by atoms with E-state index in [4.69, 9.17) is 4.74 Å². The smallest absolute Gasteiger partial charge is 0.220 e.